The molecule has 2 atom stereocenters. The maximum atomic E-state index is 13.0. The lowest BCUT2D eigenvalue weighted by Crippen LogP contribution is -2.41. The molecule has 1 aliphatic carbocycles. The van der Waals surface area contributed by atoms with Crippen LogP contribution in [0.4, 0.5) is 5.69 Å². The molecule has 0 N–H and O–H groups in total. The summed E-state index contributed by atoms with van der Waals surface area (Å²) in [4.78, 5) is 46.3. The zero-order chi connectivity index (χ0) is 21.3. The van der Waals surface area contributed by atoms with Gasteiger partial charge in [-0.15, -0.1) is 0 Å². The molecule has 2 aliphatic heterocycles. The smallest absolute Gasteiger partial charge is 0.233 e. The number of imide groups is 1. The van der Waals surface area contributed by atoms with Gasteiger partial charge in [-0.05, 0) is 44.2 Å². The lowest BCUT2D eigenvalue weighted by Gasteiger charge is -2.28. The van der Waals surface area contributed by atoms with E-state index in [2.05, 4.69) is 0 Å². The monoisotopic (exact) mass is 427 g/mol. The Kier molecular flexibility index (Phi) is 6.27. The molecule has 0 aromatic heterocycles. The molecule has 160 valence electrons. The molecular weight excluding hydrogens is 398 g/mol. The number of nitrogens with zero attached hydrogens (tertiary/aromatic N) is 3. The highest BCUT2D eigenvalue weighted by Gasteiger charge is 2.48. The molecule has 2 heterocycles. The van der Waals surface area contributed by atoms with Crippen molar-refractivity contribution in [2.24, 2.45) is 16.8 Å². The number of likely N-dealkylation sites (tertiary alicyclic amines) is 1. The van der Waals surface area contributed by atoms with E-state index in [1.54, 1.807) is 16.7 Å². The summed E-state index contributed by atoms with van der Waals surface area (Å²) in [7, 11) is 0. The first kappa shape index (κ1) is 21.1. The van der Waals surface area contributed by atoms with Crippen molar-refractivity contribution in [3.05, 3.63) is 29.3 Å². The van der Waals surface area contributed by atoms with Gasteiger partial charge in [-0.2, -0.15) is 0 Å². The van der Waals surface area contributed by atoms with E-state index in [-0.39, 0.29) is 42.5 Å². The zero-order valence-electron chi connectivity index (χ0n) is 17.7. The predicted octanol–water partition coefficient (Wildman–Crippen LogP) is 3.82. The second-order valence-electron chi connectivity index (χ2n) is 8.46. The summed E-state index contributed by atoms with van der Waals surface area (Å²) >= 11 is 1.59. The fraction of sp³-hybridized carbons (Fsp3) is 0.565. The van der Waals surface area contributed by atoms with Crippen LogP contribution < -0.4 is 0 Å². The fourth-order valence-electron chi connectivity index (χ4n) is 4.76. The highest BCUT2D eigenvalue weighted by Crippen LogP contribution is 2.38. The Labute approximate surface area is 182 Å². The summed E-state index contributed by atoms with van der Waals surface area (Å²) < 4.78 is 0. The van der Waals surface area contributed by atoms with Gasteiger partial charge in [0.2, 0.25) is 17.7 Å². The van der Waals surface area contributed by atoms with Gasteiger partial charge in [0.25, 0.3) is 0 Å². The van der Waals surface area contributed by atoms with Gasteiger partial charge in [0.1, 0.15) is 0 Å². The van der Waals surface area contributed by atoms with E-state index in [4.69, 9.17) is 4.99 Å². The van der Waals surface area contributed by atoms with Gasteiger partial charge < -0.3 is 0 Å². The summed E-state index contributed by atoms with van der Waals surface area (Å²) in [6.45, 7) is 4.86. The minimum absolute atomic E-state index is 0.0670. The molecule has 0 unspecified atom stereocenters. The van der Waals surface area contributed by atoms with Crippen LogP contribution >= 0.6 is 11.8 Å². The van der Waals surface area contributed by atoms with Crippen molar-refractivity contribution < 1.29 is 14.4 Å². The molecule has 4 rings (SSSR count). The number of carbonyl (C=O) groups is 3. The highest BCUT2D eigenvalue weighted by atomic mass is 32.2. The first-order valence-corrected chi connectivity index (χ1v) is 11.9. The molecule has 3 aliphatic rings. The molecule has 7 heteroatoms. The predicted molar refractivity (Wildman–Crippen MR) is 119 cm³/mol. The Morgan fingerprint density at radius 1 is 1.07 bits per heavy atom. The number of fused-ring (bicyclic) bond motifs is 1. The molecule has 6 nitrogen and oxygen atoms in total. The Morgan fingerprint density at radius 2 is 1.70 bits per heavy atom. The first-order chi connectivity index (χ1) is 14.5. The Hall–Kier alpha value is -2.15. The lowest BCUT2D eigenvalue weighted by atomic mass is 9.81. The number of carbonyl (C=O) groups excluding carboxylic acids is 3. The van der Waals surface area contributed by atoms with Crippen molar-refractivity contribution in [1.82, 2.24) is 9.80 Å². The minimum Gasteiger partial charge on any atom is -0.291 e. The third-order valence-electron chi connectivity index (χ3n) is 6.42. The van der Waals surface area contributed by atoms with Gasteiger partial charge in [-0.3, -0.25) is 24.2 Å². The largest absolute Gasteiger partial charge is 0.291 e. The van der Waals surface area contributed by atoms with Crippen LogP contribution in [0.1, 0.15) is 49.7 Å². The number of benzene rings is 1. The van der Waals surface area contributed by atoms with Gasteiger partial charge >= 0.3 is 0 Å². The molecule has 1 saturated carbocycles. The number of aliphatic imine (C=N–C) groups is 1. The fourth-order valence-corrected chi connectivity index (χ4v) is 5.72. The van der Waals surface area contributed by atoms with Crippen LogP contribution in [0.15, 0.2) is 23.2 Å². The quantitative estimate of drug-likeness (QED) is 0.685. The average Bonchev–Trinajstić information content (AvgIpc) is 2.99. The molecule has 3 amide bonds. The van der Waals surface area contributed by atoms with E-state index >= 15 is 0 Å². The summed E-state index contributed by atoms with van der Waals surface area (Å²) in [6.07, 6.45) is 4.69. The number of hydrogen-bond donors (Lipinski definition) is 0. The molecule has 0 spiro atoms. The van der Waals surface area contributed by atoms with Crippen LogP contribution in [0.5, 0.6) is 0 Å². The molecule has 1 aromatic rings. The van der Waals surface area contributed by atoms with Crippen molar-refractivity contribution >= 4 is 40.3 Å². The second-order valence-corrected chi connectivity index (χ2v) is 9.52. The van der Waals surface area contributed by atoms with Gasteiger partial charge in [0, 0.05) is 25.3 Å². The SMILES string of the molecule is Cc1cccc(C)c1N=C1SCCCN1C(=O)CCN1C(=O)[C@H]2CCCC[C@@H]2C1=O. The molecule has 3 fully saturated rings. The zero-order valence-corrected chi connectivity index (χ0v) is 18.5. The molecule has 0 bridgehead atoms. The van der Waals surface area contributed by atoms with E-state index in [0.29, 0.717) is 6.54 Å². The van der Waals surface area contributed by atoms with Crippen molar-refractivity contribution in [3.63, 3.8) is 0 Å². The topological polar surface area (TPSA) is 70.1 Å². The summed E-state index contributed by atoms with van der Waals surface area (Å²) in [5.74, 6) is 0.397. The molecular formula is C23H29N3O3S. The van der Waals surface area contributed by atoms with E-state index in [1.165, 1.54) is 4.90 Å². The van der Waals surface area contributed by atoms with E-state index in [0.717, 1.165) is 59.8 Å². The van der Waals surface area contributed by atoms with Crippen molar-refractivity contribution in [1.29, 1.82) is 0 Å². The van der Waals surface area contributed by atoms with Crippen molar-refractivity contribution in [3.8, 4) is 0 Å². The van der Waals surface area contributed by atoms with Crippen LogP contribution in [-0.4, -0.2) is 51.5 Å². The van der Waals surface area contributed by atoms with Gasteiger partial charge in [-0.1, -0.05) is 42.8 Å². The minimum atomic E-state index is -0.159. The van der Waals surface area contributed by atoms with Crippen molar-refractivity contribution in [2.45, 2.75) is 52.4 Å². The Morgan fingerprint density at radius 3 is 2.33 bits per heavy atom. The number of para-hydroxylation sites is 1. The van der Waals surface area contributed by atoms with Crippen LogP contribution in [0, 0.1) is 25.7 Å². The van der Waals surface area contributed by atoms with E-state index in [9.17, 15) is 14.4 Å². The maximum Gasteiger partial charge on any atom is 0.233 e. The number of aryl methyl sites for hydroxylation is 2. The number of rotatable bonds is 4. The third kappa shape index (κ3) is 4.04. The van der Waals surface area contributed by atoms with E-state index < -0.39 is 0 Å². The van der Waals surface area contributed by atoms with Crippen LogP contribution in [-0.2, 0) is 14.4 Å². The summed E-state index contributed by atoms with van der Waals surface area (Å²) in [5.41, 5.74) is 3.07. The van der Waals surface area contributed by atoms with Crippen LogP contribution in [0.3, 0.4) is 0 Å². The molecule has 2 saturated heterocycles. The average molecular weight is 428 g/mol. The lowest BCUT2D eigenvalue weighted by molar-refractivity contribution is -0.140. The van der Waals surface area contributed by atoms with Gasteiger partial charge in [0.15, 0.2) is 5.17 Å². The second kappa shape index (κ2) is 8.92. The Balaban J connectivity index is 1.46. The normalized spacial score (nSPS) is 25.7. The third-order valence-corrected chi connectivity index (χ3v) is 7.48. The number of thioether (sulfide) groups is 1. The first-order valence-electron chi connectivity index (χ1n) is 10.9. The molecule has 30 heavy (non-hydrogen) atoms. The highest BCUT2D eigenvalue weighted by molar-refractivity contribution is 8.13. The number of amidine groups is 1. The number of hydrogen-bond acceptors (Lipinski definition) is 5. The Bertz CT molecular complexity index is 853. The standard InChI is InChI=1S/C23H29N3O3S/c1-15-7-5-8-16(2)20(15)24-23-25(12-6-14-30-23)19(27)11-13-26-21(28)17-9-3-4-10-18(17)22(26)29/h5,7-8,17-18H,3-4,6,9-14H2,1-2H3/t17-,18-/m0/s1. The molecule has 1 aromatic carbocycles. The number of amides is 3. The van der Waals surface area contributed by atoms with Crippen LogP contribution in [0.2, 0.25) is 0 Å². The van der Waals surface area contributed by atoms with E-state index in [1.807, 2.05) is 32.0 Å². The maximum absolute atomic E-state index is 13.0. The van der Waals surface area contributed by atoms with Gasteiger partial charge in [-0.25, -0.2) is 4.99 Å². The summed E-state index contributed by atoms with van der Waals surface area (Å²) in [6, 6.07) is 6.05. The molecule has 0 radical (unpaired) electrons. The van der Waals surface area contributed by atoms with Gasteiger partial charge in [0.05, 0.1) is 17.5 Å². The van der Waals surface area contributed by atoms with Crippen molar-refractivity contribution in [2.75, 3.05) is 18.8 Å². The van der Waals surface area contributed by atoms with Crippen LogP contribution in [0.25, 0.3) is 0 Å². The summed E-state index contributed by atoms with van der Waals surface area (Å²) in [5, 5.41) is 0.719.